The summed E-state index contributed by atoms with van der Waals surface area (Å²) in [4.78, 5) is 11.9. The number of furan rings is 1. The fourth-order valence-corrected chi connectivity index (χ4v) is 2.33. The summed E-state index contributed by atoms with van der Waals surface area (Å²) in [5.41, 5.74) is 1.99. The Bertz CT molecular complexity index is 655. The van der Waals surface area contributed by atoms with Crippen molar-refractivity contribution >= 4 is 21.8 Å². The number of halogens is 1. The first-order chi connectivity index (χ1) is 9.54. The maximum Gasteiger partial charge on any atom is 0.287 e. The van der Waals surface area contributed by atoms with Gasteiger partial charge in [0.05, 0.1) is 22.4 Å². The molecule has 0 atom stereocenters. The van der Waals surface area contributed by atoms with E-state index in [-0.39, 0.29) is 5.91 Å². The highest BCUT2D eigenvalue weighted by atomic mass is 79.9. The van der Waals surface area contributed by atoms with Crippen LogP contribution < -0.4 is 5.32 Å². The average Bonchev–Trinajstić information content (AvgIpc) is 3.05. The van der Waals surface area contributed by atoms with Gasteiger partial charge < -0.3 is 9.73 Å². The summed E-state index contributed by atoms with van der Waals surface area (Å²) in [6.45, 7) is 4.47. The second kappa shape index (κ2) is 5.09. The normalized spacial score (nSPS) is 14.6. The van der Waals surface area contributed by atoms with Gasteiger partial charge in [-0.25, -0.2) is 0 Å². The van der Waals surface area contributed by atoms with Crippen molar-refractivity contribution in [1.29, 1.82) is 0 Å². The molecule has 2 aromatic rings. The molecule has 0 aromatic carbocycles. The third-order valence-corrected chi connectivity index (χ3v) is 4.54. The van der Waals surface area contributed by atoms with Gasteiger partial charge in [-0.2, -0.15) is 5.10 Å². The highest BCUT2D eigenvalue weighted by Gasteiger charge is 2.25. The predicted octanol–water partition coefficient (Wildman–Crippen LogP) is 2.80. The Balaban J connectivity index is 1.73. The Morgan fingerprint density at radius 1 is 1.50 bits per heavy atom. The summed E-state index contributed by atoms with van der Waals surface area (Å²) in [6, 6.07) is 3.88. The Labute approximate surface area is 125 Å². The lowest BCUT2D eigenvalue weighted by Crippen LogP contribution is -2.24. The predicted molar refractivity (Wildman–Crippen MR) is 77.7 cm³/mol. The van der Waals surface area contributed by atoms with Crippen molar-refractivity contribution in [3.8, 4) is 0 Å². The van der Waals surface area contributed by atoms with Crippen LogP contribution in [0.3, 0.4) is 0 Å². The lowest BCUT2D eigenvalue weighted by Gasteiger charge is -2.02. The Kier molecular flexibility index (Phi) is 3.41. The zero-order valence-corrected chi connectivity index (χ0v) is 13.0. The molecule has 20 heavy (non-hydrogen) atoms. The van der Waals surface area contributed by atoms with E-state index < -0.39 is 0 Å². The highest BCUT2D eigenvalue weighted by Crippen LogP contribution is 2.22. The number of rotatable bonds is 4. The molecule has 1 saturated carbocycles. The van der Waals surface area contributed by atoms with Crippen LogP contribution in [-0.4, -0.2) is 21.7 Å². The van der Waals surface area contributed by atoms with Gasteiger partial charge in [-0.05, 0) is 54.8 Å². The minimum atomic E-state index is -0.131. The van der Waals surface area contributed by atoms with Gasteiger partial charge in [0.1, 0.15) is 5.76 Å². The number of aromatic nitrogens is 2. The molecule has 1 aliphatic carbocycles. The number of aryl methyl sites for hydroxylation is 1. The fourth-order valence-electron chi connectivity index (χ4n) is 2.05. The minimum Gasteiger partial charge on any atom is -0.454 e. The molecule has 6 heteroatoms. The number of nitrogens with zero attached hydrogens (tertiary/aromatic N) is 2. The van der Waals surface area contributed by atoms with E-state index in [9.17, 15) is 4.79 Å². The largest absolute Gasteiger partial charge is 0.454 e. The molecule has 0 radical (unpaired) electrons. The minimum absolute atomic E-state index is 0.131. The van der Waals surface area contributed by atoms with Crippen LogP contribution in [0.1, 0.15) is 40.5 Å². The monoisotopic (exact) mass is 337 g/mol. The topological polar surface area (TPSA) is 60.1 Å². The van der Waals surface area contributed by atoms with Crippen LogP contribution in [0.2, 0.25) is 0 Å². The van der Waals surface area contributed by atoms with Gasteiger partial charge in [-0.3, -0.25) is 9.48 Å². The van der Waals surface area contributed by atoms with Gasteiger partial charge in [0.15, 0.2) is 5.76 Å². The fraction of sp³-hybridized carbons (Fsp3) is 0.429. The highest BCUT2D eigenvalue weighted by molar-refractivity contribution is 9.10. The number of nitrogens with one attached hydrogen (secondary N) is 1. The molecular weight excluding hydrogens is 322 g/mol. The number of carbonyl (C=O) groups is 1. The Morgan fingerprint density at radius 2 is 2.25 bits per heavy atom. The molecule has 3 rings (SSSR count). The summed E-state index contributed by atoms with van der Waals surface area (Å²) in [5, 5.41) is 7.34. The van der Waals surface area contributed by atoms with Crippen LogP contribution in [0.5, 0.6) is 0 Å². The van der Waals surface area contributed by atoms with Crippen molar-refractivity contribution < 1.29 is 9.21 Å². The zero-order valence-electron chi connectivity index (χ0n) is 11.4. The maximum atomic E-state index is 11.9. The smallest absolute Gasteiger partial charge is 0.287 e. The first-order valence-corrected chi connectivity index (χ1v) is 7.43. The van der Waals surface area contributed by atoms with E-state index in [1.165, 1.54) is 0 Å². The zero-order chi connectivity index (χ0) is 14.3. The van der Waals surface area contributed by atoms with Gasteiger partial charge in [0.2, 0.25) is 0 Å². The van der Waals surface area contributed by atoms with E-state index in [2.05, 4.69) is 26.3 Å². The standard InChI is InChI=1S/C14H16BrN3O2/c1-8-13(15)9(2)18(17-8)7-11-5-6-12(20-11)14(19)16-10-3-4-10/h5-6,10H,3-4,7H2,1-2H3,(H,16,19). The van der Waals surface area contributed by atoms with Crippen molar-refractivity contribution in [2.24, 2.45) is 0 Å². The van der Waals surface area contributed by atoms with E-state index in [1.807, 2.05) is 24.6 Å². The van der Waals surface area contributed by atoms with E-state index >= 15 is 0 Å². The van der Waals surface area contributed by atoms with Crippen molar-refractivity contribution in [2.75, 3.05) is 0 Å². The summed E-state index contributed by atoms with van der Waals surface area (Å²) < 4.78 is 8.47. The second-order valence-corrected chi connectivity index (χ2v) is 5.95. The first-order valence-electron chi connectivity index (χ1n) is 6.63. The average molecular weight is 338 g/mol. The number of amides is 1. The van der Waals surface area contributed by atoms with Crippen molar-refractivity contribution in [1.82, 2.24) is 15.1 Å². The third kappa shape index (κ3) is 2.65. The third-order valence-electron chi connectivity index (χ3n) is 3.40. The van der Waals surface area contributed by atoms with Crippen molar-refractivity contribution in [2.45, 2.75) is 39.3 Å². The summed E-state index contributed by atoms with van der Waals surface area (Å²) in [5.74, 6) is 0.963. The SMILES string of the molecule is Cc1nn(Cc2ccc(C(=O)NC3CC3)o2)c(C)c1Br. The number of hydrogen-bond donors (Lipinski definition) is 1. The molecule has 2 heterocycles. The van der Waals surface area contributed by atoms with E-state index in [4.69, 9.17) is 4.42 Å². The van der Waals surface area contributed by atoms with Crippen molar-refractivity contribution in [3.05, 3.63) is 39.5 Å². The quantitative estimate of drug-likeness (QED) is 0.933. The van der Waals surface area contributed by atoms with Crippen molar-refractivity contribution in [3.63, 3.8) is 0 Å². The first kappa shape index (κ1) is 13.4. The molecule has 0 unspecified atom stereocenters. The molecular formula is C14H16BrN3O2. The molecule has 1 amide bonds. The van der Waals surface area contributed by atoms with Crippen LogP contribution in [0.25, 0.3) is 0 Å². The summed E-state index contributed by atoms with van der Waals surface area (Å²) >= 11 is 3.50. The van der Waals surface area contributed by atoms with Gasteiger partial charge in [0, 0.05) is 6.04 Å². The lowest BCUT2D eigenvalue weighted by molar-refractivity contribution is 0.0921. The van der Waals surface area contributed by atoms with Crippen LogP contribution in [0.15, 0.2) is 21.0 Å². The van der Waals surface area contributed by atoms with Gasteiger partial charge >= 0.3 is 0 Å². The number of carbonyl (C=O) groups excluding carboxylic acids is 1. The van der Waals surface area contributed by atoms with Gasteiger partial charge in [0.25, 0.3) is 5.91 Å². The number of hydrogen-bond acceptors (Lipinski definition) is 3. The second-order valence-electron chi connectivity index (χ2n) is 5.16. The van der Waals surface area contributed by atoms with Crippen LogP contribution in [-0.2, 0) is 6.54 Å². The molecule has 0 aliphatic heterocycles. The Hall–Kier alpha value is -1.56. The molecule has 0 spiro atoms. The molecule has 1 N–H and O–H groups in total. The maximum absolute atomic E-state index is 11.9. The summed E-state index contributed by atoms with van der Waals surface area (Å²) in [6.07, 6.45) is 2.14. The van der Waals surface area contributed by atoms with E-state index in [1.54, 1.807) is 6.07 Å². The summed E-state index contributed by atoms with van der Waals surface area (Å²) in [7, 11) is 0. The molecule has 1 aliphatic rings. The molecule has 0 bridgehead atoms. The lowest BCUT2D eigenvalue weighted by atomic mass is 10.4. The van der Waals surface area contributed by atoms with Crippen LogP contribution >= 0.6 is 15.9 Å². The Morgan fingerprint density at radius 3 is 2.85 bits per heavy atom. The molecule has 5 nitrogen and oxygen atoms in total. The molecule has 106 valence electrons. The van der Waals surface area contributed by atoms with Crippen LogP contribution in [0, 0.1) is 13.8 Å². The van der Waals surface area contributed by atoms with Crippen LogP contribution in [0.4, 0.5) is 0 Å². The molecule has 1 fully saturated rings. The van der Waals surface area contributed by atoms with E-state index in [0.29, 0.717) is 18.3 Å². The molecule has 2 aromatic heterocycles. The van der Waals surface area contributed by atoms with Gasteiger partial charge in [-0.1, -0.05) is 0 Å². The molecule has 0 saturated heterocycles. The van der Waals surface area contributed by atoms with E-state index in [0.717, 1.165) is 34.5 Å². The van der Waals surface area contributed by atoms with Gasteiger partial charge in [-0.15, -0.1) is 0 Å².